The largest absolute Gasteiger partial charge is 0.366 e. The predicted molar refractivity (Wildman–Crippen MR) is 107 cm³/mol. The number of aromatic nitrogens is 4. The van der Waals surface area contributed by atoms with Gasteiger partial charge < -0.3 is 19.8 Å². The molecule has 1 aliphatic rings. The number of rotatable bonds is 2. The van der Waals surface area contributed by atoms with Crippen LogP contribution in [0.1, 0.15) is 15.9 Å². The van der Waals surface area contributed by atoms with Crippen molar-refractivity contribution in [3.8, 4) is 0 Å². The third-order valence-corrected chi connectivity index (χ3v) is 5.34. The molecule has 1 saturated heterocycles. The van der Waals surface area contributed by atoms with Gasteiger partial charge in [0.05, 0.1) is 34.0 Å². The molecule has 4 aromatic rings. The minimum atomic E-state index is -0.209. The van der Waals surface area contributed by atoms with Crippen LogP contribution in [0.25, 0.3) is 16.6 Å². The van der Waals surface area contributed by atoms with Crippen molar-refractivity contribution < 1.29 is 4.79 Å². The van der Waals surface area contributed by atoms with E-state index in [2.05, 4.69) is 20.0 Å². The van der Waals surface area contributed by atoms with Crippen LogP contribution in [-0.4, -0.2) is 56.6 Å². The van der Waals surface area contributed by atoms with E-state index in [-0.39, 0.29) is 11.6 Å². The van der Waals surface area contributed by atoms with Crippen molar-refractivity contribution in [2.45, 2.75) is 6.92 Å². The van der Waals surface area contributed by atoms with E-state index in [0.717, 1.165) is 27.8 Å². The summed E-state index contributed by atoms with van der Waals surface area (Å²) in [4.78, 5) is 34.4. The van der Waals surface area contributed by atoms with Gasteiger partial charge in [0.1, 0.15) is 0 Å². The van der Waals surface area contributed by atoms with Gasteiger partial charge in [-0.15, -0.1) is 0 Å². The number of benzene rings is 1. The number of nitrogens with one attached hydrogen (secondary N) is 2. The minimum absolute atomic E-state index is 0.00788. The van der Waals surface area contributed by atoms with E-state index < -0.39 is 0 Å². The molecule has 1 fully saturated rings. The summed E-state index contributed by atoms with van der Waals surface area (Å²) in [6, 6.07) is 9.76. The van der Waals surface area contributed by atoms with Crippen molar-refractivity contribution in [1.82, 2.24) is 24.5 Å². The summed E-state index contributed by atoms with van der Waals surface area (Å²) in [7, 11) is 0. The monoisotopic (exact) mass is 376 g/mol. The molecule has 0 aliphatic carbocycles. The second-order valence-electron chi connectivity index (χ2n) is 7.15. The maximum absolute atomic E-state index is 13.0. The quantitative estimate of drug-likeness (QED) is 0.558. The first-order valence-electron chi connectivity index (χ1n) is 9.29. The van der Waals surface area contributed by atoms with Gasteiger partial charge in [-0.2, -0.15) is 5.10 Å². The van der Waals surface area contributed by atoms with Gasteiger partial charge in [0, 0.05) is 32.4 Å². The second-order valence-corrected chi connectivity index (χ2v) is 7.15. The second kappa shape index (κ2) is 6.26. The number of H-pyrrole nitrogens is 2. The molecular formula is C20H20N6O2. The Bertz CT molecular complexity index is 1240. The molecule has 3 aromatic heterocycles. The van der Waals surface area contributed by atoms with Crippen molar-refractivity contribution in [1.29, 1.82) is 0 Å². The van der Waals surface area contributed by atoms with Crippen molar-refractivity contribution in [2.24, 2.45) is 0 Å². The van der Waals surface area contributed by atoms with Gasteiger partial charge >= 0.3 is 5.69 Å². The lowest BCUT2D eigenvalue weighted by Crippen LogP contribution is -2.48. The zero-order valence-electron chi connectivity index (χ0n) is 15.5. The Morgan fingerprint density at radius 3 is 2.75 bits per heavy atom. The summed E-state index contributed by atoms with van der Waals surface area (Å²) in [5.41, 5.74) is 4.94. The zero-order valence-corrected chi connectivity index (χ0v) is 15.5. The lowest BCUT2D eigenvalue weighted by molar-refractivity contribution is 0.0749. The number of imidazole rings is 1. The number of nitrogens with zero attached hydrogens (tertiary/aromatic N) is 4. The van der Waals surface area contributed by atoms with E-state index in [9.17, 15) is 9.59 Å². The number of fused-ring (bicyclic) bond motifs is 2. The highest BCUT2D eigenvalue weighted by Gasteiger charge is 2.25. The lowest BCUT2D eigenvalue weighted by atomic mass is 10.1. The molecule has 4 heterocycles. The fraction of sp³-hybridized carbons (Fsp3) is 0.250. The highest BCUT2D eigenvalue weighted by atomic mass is 16.2. The van der Waals surface area contributed by atoms with Crippen molar-refractivity contribution in [3.63, 3.8) is 0 Å². The van der Waals surface area contributed by atoms with Crippen LogP contribution in [0.2, 0.25) is 0 Å². The number of aromatic amines is 2. The van der Waals surface area contributed by atoms with E-state index in [4.69, 9.17) is 0 Å². The zero-order chi connectivity index (χ0) is 19.3. The number of pyridine rings is 1. The van der Waals surface area contributed by atoms with Gasteiger partial charge in [-0.3, -0.25) is 4.79 Å². The molecule has 8 heteroatoms. The summed E-state index contributed by atoms with van der Waals surface area (Å²) < 4.78 is 1.74. The van der Waals surface area contributed by atoms with Gasteiger partial charge in [0.25, 0.3) is 5.91 Å². The first kappa shape index (κ1) is 16.6. The Kier molecular flexibility index (Phi) is 3.71. The fourth-order valence-corrected chi connectivity index (χ4v) is 3.88. The number of hydrogen-bond acceptors (Lipinski definition) is 4. The molecule has 0 atom stereocenters. The van der Waals surface area contributed by atoms with Crippen LogP contribution in [0.3, 0.4) is 0 Å². The molecule has 1 aromatic carbocycles. The Labute approximate surface area is 160 Å². The van der Waals surface area contributed by atoms with E-state index >= 15 is 0 Å². The number of piperazine rings is 1. The molecule has 5 rings (SSSR count). The summed E-state index contributed by atoms with van der Waals surface area (Å²) in [6.45, 7) is 4.65. The van der Waals surface area contributed by atoms with Gasteiger partial charge in [-0.25, -0.2) is 9.31 Å². The van der Waals surface area contributed by atoms with Crippen molar-refractivity contribution >= 4 is 28.1 Å². The van der Waals surface area contributed by atoms with Gasteiger partial charge in [-0.05, 0) is 36.8 Å². The van der Waals surface area contributed by atoms with Crippen LogP contribution in [-0.2, 0) is 0 Å². The van der Waals surface area contributed by atoms with E-state index in [1.807, 2.05) is 48.4 Å². The molecule has 142 valence electrons. The van der Waals surface area contributed by atoms with Crippen LogP contribution >= 0.6 is 0 Å². The molecule has 0 radical (unpaired) electrons. The average molecular weight is 376 g/mol. The normalized spacial score (nSPS) is 14.9. The Balaban J connectivity index is 1.37. The number of carbonyl (C=O) groups is 1. The number of hydrogen-bond donors (Lipinski definition) is 2. The fourth-order valence-electron chi connectivity index (χ4n) is 3.88. The Hall–Kier alpha value is -3.55. The Morgan fingerprint density at radius 2 is 1.93 bits per heavy atom. The minimum Gasteiger partial charge on any atom is -0.366 e. The summed E-state index contributed by atoms with van der Waals surface area (Å²) >= 11 is 0. The topological polar surface area (TPSA) is 89.5 Å². The van der Waals surface area contributed by atoms with E-state index in [0.29, 0.717) is 31.7 Å². The molecule has 1 amide bonds. The predicted octanol–water partition coefficient (Wildman–Crippen LogP) is 1.77. The van der Waals surface area contributed by atoms with Gasteiger partial charge in [0.15, 0.2) is 0 Å². The molecule has 0 saturated carbocycles. The molecule has 1 aliphatic heterocycles. The summed E-state index contributed by atoms with van der Waals surface area (Å²) in [5, 5.41) is 4.30. The Morgan fingerprint density at radius 1 is 1.11 bits per heavy atom. The number of anilines is 1. The number of amides is 1. The molecule has 8 nitrogen and oxygen atoms in total. The first-order chi connectivity index (χ1) is 13.6. The van der Waals surface area contributed by atoms with Gasteiger partial charge in [-0.1, -0.05) is 6.07 Å². The maximum Gasteiger partial charge on any atom is 0.323 e. The average Bonchev–Trinajstić information content (AvgIpc) is 3.29. The van der Waals surface area contributed by atoms with Crippen LogP contribution in [0, 0.1) is 6.92 Å². The standard InChI is InChI=1S/C20H20N6O2/c1-13-5-6-26-17(11-13)14(12-21-26)19(27)25-9-7-24(8-10-25)16-4-2-3-15-18(16)23-20(28)22-15/h2-6,11-12H,7-10H2,1H3,(H2,22,23,28). The van der Waals surface area contributed by atoms with Gasteiger partial charge in [0.2, 0.25) is 0 Å². The van der Waals surface area contributed by atoms with Crippen LogP contribution in [0.15, 0.2) is 47.5 Å². The third-order valence-electron chi connectivity index (χ3n) is 5.34. The number of aryl methyl sites for hydroxylation is 1. The molecule has 0 spiro atoms. The third kappa shape index (κ3) is 2.65. The van der Waals surface area contributed by atoms with Crippen molar-refractivity contribution in [3.05, 3.63) is 64.3 Å². The van der Waals surface area contributed by atoms with Crippen molar-refractivity contribution in [2.75, 3.05) is 31.1 Å². The number of carbonyl (C=O) groups excluding carboxylic acids is 1. The molecule has 0 unspecified atom stereocenters. The molecular weight excluding hydrogens is 356 g/mol. The summed E-state index contributed by atoms with van der Waals surface area (Å²) in [5.74, 6) is 0.00788. The lowest BCUT2D eigenvalue weighted by Gasteiger charge is -2.36. The highest BCUT2D eigenvalue weighted by molar-refractivity contribution is 6.01. The molecule has 0 bridgehead atoms. The SMILES string of the molecule is Cc1ccn2ncc(C(=O)N3CCN(c4cccc5[nH]c(=O)[nH]c45)CC3)c2c1. The maximum atomic E-state index is 13.0. The molecule has 28 heavy (non-hydrogen) atoms. The summed E-state index contributed by atoms with van der Waals surface area (Å²) in [6.07, 6.45) is 3.52. The molecule has 2 N–H and O–H groups in total. The van der Waals surface area contributed by atoms with Crippen LogP contribution in [0.5, 0.6) is 0 Å². The van der Waals surface area contributed by atoms with Crippen LogP contribution < -0.4 is 10.6 Å². The highest BCUT2D eigenvalue weighted by Crippen LogP contribution is 2.25. The van der Waals surface area contributed by atoms with E-state index in [1.54, 1.807) is 10.7 Å². The smallest absolute Gasteiger partial charge is 0.323 e. The van der Waals surface area contributed by atoms with Crippen LogP contribution in [0.4, 0.5) is 5.69 Å². The first-order valence-corrected chi connectivity index (χ1v) is 9.29. The van der Waals surface area contributed by atoms with E-state index in [1.165, 1.54) is 0 Å². The number of para-hydroxylation sites is 1.